The fourth-order valence-electron chi connectivity index (χ4n) is 3.73. The van der Waals surface area contributed by atoms with Gasteiger partial charge in [-0.3, -0.25) is 24.5 Å². The lowest BCUT2D eigenvalue weighted by atomic mass is 10.0. The Morgan fingerprint density at radius 1 is 1.09 bits per heavy atom. The van der Waals surface area contributed by atoms with E-state index in [1.165, 1.54) is 28.9 Å². The molecule has 0 bridgehead atoms. The summed E-state index contributed by atoms with van der Waals surface area (Å²) in [4.78, 5) is 49.7. The number of nitrogens with two attached hydrogens (primary N) is 1. The minimum Gasteiger partial charge on any atom is -0.365 e. The van der Waals surface area contributed by atoms with Crippen molar-refractivity contribution in [2.45, 2.75) is 13.8 Å². The van der Waals surface area contributed by atoms with Gasteiger partial charge in [0.2, 0.25) is 5.43 Å². The van der Waals surface area contributed by atoms with Crippen LogP contribution in [0, 0.1) is 24.0 Å². The molecular formula is C24H19N5O5S. The Bertz CT molecular complexity index is 1540. The van der Waals surface area contributed by atoms with Crippen LogP contribution in [-0.2, 0) is 0 Å². The second-order valence-electron chi connectivity index (χ2n) is 7.58. The average Bonchev–Trinajstić information content (AvgIpc) is 3.15. The molecule has 10 nitrogen and oxygen atoms in total. The van der Waals surface area contributed by atoms with Crippen molar-refractivity contribution < 1.29 is 14.5 Å². The maximum atomic E-state index is 13.1. The topological polar surface area (TPSA) is 150 Å². The second-order valence-corrected chi connectivity index (χ2v) is 8.80. The number of rotatable bonds is 6. The molecule has 3 N–H and O–H groups in total. The molecule has 2 amide bonds. The quantitative estimate of drug-likeness (QED) is 0.310. The predicted octanol–water partition coefficient (Wildman–Crippen LogP) is 3.84. The van der Waals surface area contributed by atoms with Crippen LogP contribution in [0.15, 0.2) is 65.5 Å². The van der Waals surface area contributed by atoms with Crippen LogP contribution in [0.1, 0.15) is 31.4 Å². The molecule has 0 radical (unpaired) electrons. The maximum Gasteiger partial charge on any atom is 0.294 e. The summed E-state index contributed by atoms with van der Waals surface area (Å²) in [6, 6.07) is 16.1. The number of primary amides is 1. The van der Waals surface area contributed by atoms with E-state index in [9.17, 15) is 24.5 Å². The zero-order valence-corrected chi connectivity index (χ0v) is 19.5. The normalized spacial score (nSPS) is 10.7. The summed E-state index contributed by atoms with van der Waals surface area (Å²) >= 11 is 1.14. The number of nitro groups is 1. The summed E-state index contributed by atoms with van der Waals surface area (Å²) in [6.07, 6.45) is 0. The van der Waals surface area contributed by atoms with Gasteiger partial charge in [0.25, 0.3) is 17.5 Å². The van der Waals surface area contributed by atoms with E-state index in [-0.39, 0.29) is 21.9 Å². The van der Waals surface area contributed by atoms with Crippen molar-refractivity contribution in [1.29, 1.82) is 0 Å². The van der Waals surface area contributed by atoms with Crippen LogP contribution in [0.4, 0.5) is 10.7 Å². The first kappa shape index (κ1) is 23.5. The van der Waals surface area contributed by atoms with Gasteiger partial charge in [-0.25, -0.2) is 4.68 Å². The number of hydrogen-bond acceptors (Lipinski definition) is 7. The highest BCUT2D eigenvalue weighted by atomic mass is 32.1. The van der Waals surface area contributed by atoms with E-state index in [4.69, 9.17) is 5.73 Å². The van der Waals surface area contributed by atoms with Crippen molar-refractivity contribution in [2.24, 2.45) is 5.73 Å². The third kappa shape index (κ3) is 4.44. The molecule has 11 heteroatoms. The molecule has 176 valence electrons. The van der Waals surface area contributed by atoms with Crippen LogP contribution in [0.2, 0.25) is 0 Å². The standard InChI is InChI=1S/C24H19N5O5S/c1-13-12-18(30)21(27-28(13)16-10-6-7-11-17(16)29(33)34)23(32)26-24-20(22(25)31)19(14(2)35-24)15-8-4-3-5-9-15/h3-12H,1-2H3,(H2,25,31)(H,26,32). The van der Waals surface area contributed by atoms with Crippen LogP contribution in [-0.4, -0.2) is 26.5 Å². The summed E-state index contributed by atoms with van der Waals surface area (Å²) in [6.45, 7) is 3.34. The number of carbonyl (C=O) groups is 2. The summed E-state index contributed by atoms with van der Waals surface area (Å²) in [5.74, 6) is -1.61. The number of nitrogens with one attached hydrogen (secondary N) is 1. The van der Waals surface area contributed by atoms with Gasteiger partial charge in [0.1, 0.15) is 10.7 Å². The summed E-state index contributed by atoms with van der Waals surface area (Å²) in [5, 5.41) is 18.3. The van der Waals surface area contributed by atoms with Crippen molar-refractivity contribution in [3.63, 3.8) is 0 Å². The van der Waals surface area contributed by atoms with Gasteiger partial charge in [0.05, 0.1) is 10.5 Å². The summed E-state index contributed by atoms with van der Waals surface area (Å²) < 4.78 is 1.17. The lowest BCUT2D eigenvalue weighted by Gasteiger charge is -2.11. The molecule has 0 unspecified atom stereocenters. The molecule has 2 heterocycles. The Kier molecular flexibility index (Phi) is 6.26. The van der Waals surface area contributed by atoms with Gasteiger partial charge in [0.15, 0.2) is 5.69 Å². The Morgan fingerprint density at radius 3 is 2.40 bits per heavy atom. The maximum absolute atomic E-state index is 13.1. The number of aromatic nitrogens is 2. The number of nitro benzene ring substituents is 1. The van der Waals surface area contributed by atoms with Crippen LogP contribution in [0.25, 0.3) is 16.8 Å². The zero-order valence-electron chi connectivity index (χ0n) is 18.6. The molecule has 0 aliphatic heterocycles. The number of carbonyl (C=O) groups excluding carboxylic acids is 2. The first-order valence-electron chi connectivity index (χ1n) is 10.3. The SMILES string of the molecule is Cc1sc(NC(=O)c2nn(-c3ccccc3[N+](=O)[O-])c(C)cc2=O)c(C(N)=O)c1-c1ccccc1. The summed E-state index contributed by atoms with van der Waals surface area (Å²) in [5.41, 5.74) is 6.11. The number of nitrogens with zero attached hydrogens (tertiary/aromatic N) is 3. The monoisotopic (exact) mass is 489 g/mol. The molecule has 4 rings (SSSR count). The van der Waals surface area contributed by atoms with E-state index in [1.54, 1.807) is 19.9 Å². The highest BCUT2D eigenvalue weighted by Crippen LogP contribution is 2.39. The van der Waals surface area contributed by atoms with Crippen molar-refractivity contribution in [3.8, 4) is 16.8 Å². The first-order chi connectivity index (χ1) is 16.7. The lowest BCUT2D eigenvalue weighted by Crippen LogP contribution is -2.27. The van der Waals surface area contributed by atoms with Crippen molar-refractivity contribution >= 4 is 33.8 Å². The van der Waals surface area contributed by atoms with E-state index in [0.29, 0.717) is 11.3 Å². The van der Waals surface area contributed by atoms with Crippen LogP contribution >= 0.6 is 11.3 Å². The predicted molar refractivity (Wildman–Crippen MR) is 132 cm³/mol. The van der Waals surface area contributed by atoms with Gasteiger partial charge in [0, 0.05) is 28.3 Å². The van der Waals surface area contributed by atoms with E-state index in [2.05, 4.69) is 10.4 Å². The van der Waals surface area contributed by atoms with Gasteiger partial charge < -0.3 is 11.1 Å². The summed E-state index contributed by atoms with van der Waals surface area (Å²) in [7, 11) is 0. The number of aryl methyl sites for hydroxylation is 2. The number of para-hydroxylation sites is 2. The molecule has 0 aliphatic rings. The number of anilines is 1. The first-order valence-corrected chi connectivity index (χ1v) is 11.2. The molecule has 0 fully saturated rings. The largest absolute Gasteiger partial charge is 0.365 e. The number of thiophene rings is 1. The molecule has 4 aromatic rings. The lowest BCUT2D eigenvalue weighted by molar-refractivity contribution is -0.384. The Balaban J connectivity index is 1.79. The highest BCUT2D eigenvalue weighted by Gasteiger charge is 2.25. The fraction of sp³-hybridized carbons (Fsp3) is 0.0833. The van der Waals surface area contributed by atoms with Crippen LogP contribution < -0.4 is 16.5 Å². The average molecular weight is 490 g/mol. The van der Waals surface area contributed by atoms with Gasteiger partial charge in [-0.1, -0.05) is 42.5 Å². The van der Waals surface area contributed by atoms with Crippen molar-refractivity contribution in [2.75, 3.05) is 5.32 Å². The van der Waals surface area contributed by atoms with Crippen LogP contribution in [0.5, 0.6) is 0 Å². The number of amides is 2. The van der Waals surface area contributed by atoms with Gasteiger partial charge in [-0.05, 0) is 25.5 Å². The molecule has 0 spiro atoms. The third-order valence-electron chi connectivity index (χ3n) is 5.25. The van der Waals surface area contributed by atoms with Gasteiger partial charge >= 0.3 is 0 Å². The van der Waals surface area contributed by atoms with Crippen LogP contribution in [0.3, 0.4) is 0 Å². The molecule has 2 aromatic heterocycles. The molecule has 2 aromatic carbocycles. The highest BCUT2D eigenvalue weighted by molar-refractivity contribution is 7.17. The third-order valence-corrected chi connectivity index (χ3v) is 6.27. The minimum absolute atomic E-state index is 0.0974. The smallest absolute Gasteiger partial charge is 0.294 e. The minimum atomic E-state index is -0.870. The van der Waals surface area contributed by atoms with Gasteiger partial charge in [-0.2, -0.15) is 5.10 Å². The molecule has 0 aliphatic carbocycles. The van der Waals surface area contributed by atoms with E-state index in [0.717, 1.165) is 21.8 Å². The molecule has 35 heavy (non-hydrogen) atoms. The second kappa shape index (κ2) is 9.31. The van der Waals surface area contributed by atoms with Crippen molar-refractivity contribution in [3.05, 3.63) is 103 Å². The van der Waals surface area contributed by atoms with E-state index >= 15 is 0 Å². The van der Waals surface area contributed by atoms with E-state index < -0.39 is 27.9 Å². The fourth-order valence-corrected chi connectivity index (χ4v) is 4.81. The molecular weight excluding hydrogens is 470 g/mol. The Morgan fingerprint density at radius 2 is 1.74 bits per heavy atom. The van der Waals surface area contributed by atoms with Crippen molar-refractivity contribution in [1.82, 2.24) is 9.78 Å². The van der Waals surface area contributed by atoms with E-state index in [1.807, 2.05) is 30.3 Å². The van der Waals surface area contributed by atoms with Gasteiger partial charge in [-0.15, -0.1) is 11.3 Å². The Hall–Kier alpha value is -4.64. The Labute approximate surface area is 202 Å². The zero-order chi connectivity index (χ0) is 25.3. The molecule has 0 saturated heterocycles. The molecule has 0 atom stereocenters. The number of benzene rings is 2. The number of hydrogen-bond donors (Lipinski definition) is 2. The molecule has 0 saturated carbocycles.